The van der Waals surface area contributed by atoms with E-state index in [9.17, 15) is 9.59 Å². The van der Waals surface area contributed by atoms with Crippen molar-refractivity contribution in [3.8, 4) is 0 Å². The third-order valence-electron chi connectivity index (χ3n) is 6.10. The molecule has 0 N–H and O–H groups in total. The molecule has 2 aromatic carbocycles. The number of benzene rings is 2. The Morgan fingerprint density at radius 3 is 2.67 bits per heavy atom. The van der Waals surface area contributed by atoms with Crippen molar-refractivity contribution in [1.82, 2.24) is 9.97 Å². The van der Waals surface area contributed by atoms with E-state index in [4.69, 9.17) is 4.98 Å². The maximum Gasteiger partial charge on any atom is 0.234 e. The first-order valence-corrected chi connectivity index (χ1v) is 11.7. The lowest BCUT2D eigenvalue weighted by Gasteiger charge is -2.23. The van der Waals surface area contributed by atoms with Crippen LogP contribution < -0.4 is 9.80 Å². The Bertz CT molecular complexity index is 1280. The maximum absolute atomic E-state index is 13.8. The second kappa shape index (κ2) is 8.75. The van der Waals surface area contributed by atoms with Gasteiger partial charge in [0, 0.05) is 31.0 Å². The predicted molar refractivity (Wildman–Crippen MR) is 131 cm³/mol. The number of hydrogen-bond acceptors (Lipinski definition) is 5. The minimum atomic E-state index is -0.426. The van der Waals surface area contributed by atoms with Gasteiger partial charge in [0.2, 0.25) is 11.8 Å². The fourth-order valence-corrected chi connectivity index (χ4v) is 5.20. The van der Waals surface area contributed by atoms with Crippen LogP contribution in [-0.4, -0.2) is 28.3 Å². The number of carbonyl (C=O) groups excluding carboxylic acids is 2. The van der Waals surface area contributed by atoms with Crippen molar-refractivity contribution in [1.29, 1.82) is 0 Å². The first-order chi connectivity index (χ1) is 16.0. The summed E-state index contributed by atoms with van der Waals surface area (Å²) in [5.41, 5.74) is 4.99. The van der Waals surface area contributed by atoms with Gasteiger partial charge in [0.05, 0.1) is 22.7 Å². The van der Waals surface area contributed by atoms with E-state index < -0.39 is 5.92 Å². The summed E-state index contributed by atoms with van der Waals surface area (Å²) in [6, 6.07) is 17.5. The van der Waals surface area contributed by atoms with Crippen LogP contribution in [0.2, 0.25) is 0 Å². The molecule has 1 aliphatic rings. The number of rotatable bonds is 5. The summed E-state index contributed by atoms with van der Waals surface area (Å²) < 4.78 is 1.05. The molecule has 5 rings (SSSR count). The highest BCUT2D eigenvalue weighted by Crippen LogP contribution is 2.34. The summed E-state index contributed by atoms with van der Waals surface area (Å²) in [4.78, 5) is 39.0. The summed E-state index contributed by atoms with van der Waals surface area (Å²) in [6.07, 6.45) is 3.67. The molecule has 1 atom stereocenters. The zero-order valence-electron chi connectivity index (χ0n) is 18.6. The number of thiazole rings is 1. The second-order valence-corrected chi connectivity index (χ2v) is 9.44. The molecule has 2 amide bonds. The van der Waals surface area contributed by atoms with E-state index in [0.717, 1.165) is 21.5 Å². The van der Waals surface area contributed by atoms with Crippen LogP contribution in [-0.2, 0) is 16.1 Å². The SMILES string of the molecule is Cc1cc2nc(N(Cc3cccnc3)C(=O)C3CC(=O)N(c4ccccc4)C3)sc2cc1C. The minimum Gasteiger partial charge on any atom is -0.312 e. The standard InChI is InChI=1S/C26H24N4O2S/c1-17-11-22-23(12-18(17)2)33-26(28-22)30(15-19-7-6-10-27-14-19)25(32)20-13-24(31)29(16-20)21-8-4-3-5-9-21/h3-12,14,20H,13,15-16H2,1-2H3. The van der Waals surface area contributed by atoms with E-state index in [1.807, 2.05) is 42.5 Å². The van der Waals surface area contributed by atoms with E-state index in [2.05, 4.69) is 31.0 Å². The smallest absolute Gasteiger partial charge is 0.234 e. The van der Waals surface area contributed by atoms with E-state index >= 15 is 0 Å². The summed E-state index contributed by atoms with van der Waals surface area (Å²) >= 11 is 1.51. The number of nitrogens with zero attached hydrogens (tertiary/aromatic N) is 4. The first-order valence-electron chi connectivity index (χ1n) is 10.9. The van der Waals surface area contributed by atoms with Crippen LogP contribution in [0.15, 0.2) is 67.0 Å². The van der Waals surface area contributed by atoms with Gasteiger partial charge in [-0.1, -0.05) is 35.6 Å². The monoisotopic (exact) mass is 456 g/mol. The molecule has 0 aliphatic carbocycles. The topological polar surface area (TPSA) is 66.4 Å². The fourth-order valence-electron chi connectivity index (χ4n) is 4.15. The number of aryl methyl sites for hydroxylation is 2. The lowest BCUT2D eigenvalue weighted by Crippen LogP contribution is -2.37. The van der Waals surface area contributed by atoms with Gasteiger partial charge in [-0.25, -0.2) is 4.98 Å². The highest BCUT2D eigenvalue weighted by Gasteiger charge is 2.38. The van der Waals surface area contributed by atoms with E-state index in [-0.39, 0.29) is 18.2 Å². The van der Waals surface area contributed by atoms with Crippen LogP contribution in [0.5, 0.6) is 0 Å². The van der Waals surface area contributed by atoms with Gasteiger partial charge in [0.1, 0.15) is 0 Å². The lowest BCUT2D eigenvalue weighted by molar-refractivity contribution is -0.124. The van der Waals surface area contributed by atoms with Gasteiger partial charge in [0.25, 0.3) is 0 Å². The van der Waals surface area contributed by atoms with Crippen molar-refractivity contribution >= 4 is 44.2 Å². The van der Waals surface area contributed by atoms with E-state index in [1.54, 1.807) is 22.2 Å². The molecule has 1 aliphatic heterocycles. The van der Waals surface area contributed by atoms with Gasteiger partial charge >= 0.3 is 0 Å². The number of para-hydroxylation sites is 1. The van der Waals surface area contributed by atoms with Crippen LogP contribution in [0.3, 0.4) is 0 Å². The second-order valence-electron chi connectivity index (χ2n) is 8.43. The number of aromatic nitrogens is 2. The summed E-state index contributed by atoms with van der Waals surface area (Å²) in [6.45, 7) is 4.87. The number of hydrogen-bond donors (Lipinski definition) is 0. The Hall–Kier alpha value is -3.58. The summed E-state index contributed by atoms with van der Waals surface area (Å²) in [5.74, 6) is -0.542. The molecule has 0 saturated carbocycles. The van der Waals surface area contributed by atoms with Crippen molar-refractivity contribution in [2.75, 3.05) is 16.3 Å². The number of amides is 2. The normalized spacial score (nSPS) is 15.9. The molecule has 3 heterocycles. The zero-order chi connectivity index (χ0) is 22.9. The average Bonchev–Trinajstić information content (AvgIpc) is 3.41. The van der Waals surface area contributed by atoms with E-state index in [0.29, 0.717) is 18.2 Å². The molecule has 0 bridgehead atoms. The van der Waals surface area contributed by atoms with Crippen LogP contribution in [0, 0.1) is 19.8 Å². The number of anilines is 2. The third kappa shape index (κ3) is 4.24. The predicted octanol–water partition coefficient (Wildman–Crippen LogP) is 4.89. The van der Waals surface area contributed by atoms with Crippen molar-refractivity contribution in [3.63, 3.8) is 0 Å². The third-order valence-corrected chi connectivity index (χ3v) is 7.14. The van der Waals surface area contributed by atoms with Crippen LogP contribution in [0.4, 0.5) is 10.8 Å². The first kappa shape index (κ1) is 21.3. The van der Waals surface area contributed by atoms with Gasteiger partial charge < -0.3 is 4.90 Å². The molecule has 0 radical (unpaired) electrons. The molecule has 166 valence electrons. The minimum absolute atomic E-state index is 0.0311. The number of pyridine rings is 1. The highest BCUT2D eigenvalue weighted by molar-refractivity contribution is 7.22. The molecule has 2 aromatic heterocycles. The van der Waals surface area contributed by atoms with Gasteiger partial charge in [-0.15, -0.1) is 0 Å². The number of fused-ring (bicyclic) bond motifs is 1. The molecule has 33 heavy (non-hydrogen) atoms. The van der Waals surface area contributed by atoms with Crippen LogP contribution in [0.1, 0.15) is 23.1 Å². The van der Waals surface area contributed by atoms with Gasteiger partial charge in [-0.05, 0) is 60.9 Å². The number of carbonyl (C=O) groups is 2. The Morgan fingerprint density at radius 1 is 1.12 bits per heavy atom. The molecule has 1 fully saturated rings. The van der Waals surface area contributed by atoms with Gasteiger partial charge in [0.15, 0.2) is 5.13 Å². The molecular weight excluding hydrogens is 432 g/mol. The maximum atomic E-state index is 13.8. The van der Waals surface area contributed by atoms with Gasteiger partial charge in [-0.2, -0.15) is 0 Å². The Morgan fingerprint density at radius 2 is 1.91 bits per heavy atom. The molecule has 6 nitrogen and oxygen atoms in total. The largest absolute Gasteiger partial charge is 0.312 e. The fraction of sp³-hybridized carbons (Fsp3) is 0.231. The molecule has 7 heteroatoms. The molecule has 1 saturated heterocycles. The Balaban J connectivity index is 1.48. The van der Waals surface area contributed by atoms with E-state index in [1.165, 1.54) is 22.5 Å². The molecule has 0 spiro atoms. The summed E-state index contributed by atoms with van der Waals surface area (Å²) in [5, 5.41) is 0.648. The lowest BCUT2D eigenvalue weighted by atomic mass is 10.1. The highest BCUT2D eigenvalue weighted by atomic mass is 32.1. The molecule has 4 aromatic rings. The van der Waals surface area contributed by atoms with Crippen LogP contribution in [0.25, 0.3) is 10.2 Å². The molecular formula is C26H24N4O2S. The summed E-state index contributed by atoms with van der Waals surface area (Å²) in [7, 11) is 0. The van der Waals surface area contributed by atoms with Gasteiger partial charge in [-0.3, -0.25) is 19.5 Å². The zero-order valence-corrected chi connectivity index (χ0v) is 19.4. The molecule has 1 unspecified atom stereocenters. The Kier molecular flexibility index (Phi) is 5.64. The average molecular weight is 457 g/mol. The van der Waals surface area contributed by atoms with Crippen molar-refractivity contribution in [3.05, 3.63) is 83.7 Å². The van der Waals surface area contributed by atoms with Crippen molar-refractivity contribution < 1.29 is 9.59 Å². The quantitative estimate of drug-likeness (QED) is 0.429. The van der Waals surface area contributed by atoms with Crippen molar-refractivity contribution in [2.24, 2.45) is 5.92 Å². The van der Waals surface area contributed by atoms with Crippen molar-refractivity contribution in [2.45, 2.75) is 26.8 Å². The Labute approximate surface area is 196 Å². The van der Waals surface area contributed by atoms with Crippen LogP contribution >= 0.6 is 11.3 Å².